The molecule has 0 saturated carbocycles. The molecule has 0 fully saturated rings. The number of nitrogens with one attached hydrogen (secondary N) is 1. The number of carbonyl (C=O) groups excluding carboxylic acids is 1. The number of thioether (sulfide) groups is 1. The van der Waals surface area contributed by atoms with Gasteiger partial charge < -0.3 is 14.8 Å². The van der Waals surface area contributed by atoms with Crippen LogP contribution in [0.3, 0.4) is 0 Å². The van der Waals surface area contributed by atoms with Crippen LogP contribution in [0, 0.1) is 15.3 Å². The van der Waals surface area contributed by atoms with Crippen LogP contribution in [0.5, 0.6) is 0 Å². The maximum absolute atomic E-state index is 12.4. The molecule has 2 N–H and O–H groups in total. The van der Waals surface area contributed by atoms with E-state index in [1.807, 2.05) is 30.5 Å². The summed E-state index contributed by atoms with van der Waals surface area (Å²) in [7, 11) is 0. The van der Waals surface area contributed by atoms with Gasteiger partial charge in [0, 0.05) is 0 Å². The Morgan fingerprint density at radius 2 is 2.06 bits per heavy atom. The zero-order valence-electron chi connectivity index (χ0n) is 16.6. The molecule has 0 amide bonds. The Labute approximate surface area is 195 Å². The van der Waals surface area contributed by atoms with Crippen LogP contribution < -0.4 is 0 Å². The van der Waals surface area contributed by atoms with E-state index < -0.39 is 18.3 Å². The number of esters is 1. The number of rotatable bonds is 6. The summed E-state index contributed by atoms with van der Waals surface area (Å²) in [6, 6.07) is 15.7. The number of allylic oxidation sites excluding steroid dienone is 1. The number of fused-ring (bicyclic) bond motifs is 1. The van der Waals surface area contributed by atoms with Gasteiger partial charge in [0.25, 0.3) is 0 Å². The Balaban J connectivity index is 1.48. The van der Waals surface area contributed by atoms with Gasteiger partial charge in [0.1, 0.15) is 18.2 Å². The highest BCUT2D eigenvalue weighted by Crippen LogP contribution is 2.22. The molecule has 0 unspecified atom stereocenters. The zero-order chi connectivity index (χ0) is 22.7. The van der Waals surface area contributed by atoms with Gasteiger partial charge in [0.05, 0.1) is 22.3 Å². The second-order valence-corrected chi connectivity index (χ2v) is 9.08. The lowest BCUT2D eigenvalue weighted by Gasteiger charge is -2.06. The Bertz CT molecular complexity index is 1390. The average Bonchev–Trinajstić information content (AvgIpc) is 3.41. The van der Waals surface area contributed by atoms with Gasteiger partial charge in [-0.15, -0.1) is 5.10 Å². The normalized spacial score (nSPS) is 11.8. The second-order valence-electron chi connectivity index (χ2n) is 6.41. The van der Waals surface area contributed by atoms with Crippen molar-refractivity contribution in [1.82, 2.24) is 19.7 Å². The van der Waals surface area contributed by atoms with Gasteiger partial charge >= 0.3 is 5.97 Å². The number of nitrogens with zero attached hydrogens (tertiary/aromatic N) is 4. The van der Waals surface area contributed by atoms with Gasteiger partial charge in [-0.1, -0.05) is 35.2 Å². The number of hydrogen-bond donors (Lipinski definition) is 2. The van der Waals surface area contributed by atoms with Crippen LogP contribution in [-0.2, 0) is 4.74 Å². The third-order valence-electron chi connectivity index (χ3n) is 4.42. The van der Waals surface area contributed by atoms with Crippen LogP contribution in [-0.4, -0.2) is 43.7 Å². The lowest BCUT2D eigenvalue weighted by Crippen LogP contribution is -2.09. The maximum atomic E-state index is 12.4. The first-order chi connectivity index (χ1) is 15.5. The molecule has 4 rings (SSSR count). The highest BCUT2D eigenvalue weighted by atomic mass is 32.2. The van der Waals surface area contributed by atoms with Crippen molar-refractivity contribution in [2.24, 2.45) is 0 Å². The predicted octanol–water partition coefficient (Wildman–Crippen LogP) is 4.91. The van der Waals surface area contributed by atoms with Gasteiger partial charge in [-0.2, -0.15) is 5.26 Å². The minimum absolute atomic E-state index is 0.0909. The predicted molar refractivity (Wildman–Crippen MR) is 126 cm³/mol. The fourth-order valence-electron chi connectivity index (χ4n) is 2.86. The monoisotopic (exact) mass is 481 g/mol. The molecule has 0 atom stereocenters. The smallest absolute Gasteiger partial charge is 0.338 e. The van der Waals surface area contributed by atoms with E-state index in [1.54, 1.807) is 35.0 Å². The molecule has 0 spiro atoms. The molecular weight excluding hydrogens is 466 g/mol. The number of aromatic nitrogens is 4. The molecule has 0 aliphatic rings. The molecule has 0 radical (unpaired) electrons. The molecular formula is C21H15N5O3S3. The van der Waals surface area contributed by atoms with E-state index >= 15 is 0 Å². The lowest BCUT2D eigenvalue weighted by molar-refractivity contribution is 0.0503. The quantitative estimate of drug-likeness (QED) is 0.131. The van der Waals surface area contributed by atoms with Crippen LogP contribution in [0.1, 0.15) is 16.2 Å². The summed E-state index contributed by atoms with van der Waals surface area (Å²) in [5.41, 5.74) is 2.31. The number of carbonyl (C=O) groups is 1. The molecule has 0 aliphatic heterocycles. The largest absolute Gasteiger partial charge is 0.507 e. The third-order valence-corrected chi connectivity index (χ3v) is 6.63. The molecule has 0 bridgehead atoms. The summed E-state index contributed by atoms with van der Waals surface area (Å²) in [5, 5.41) is 24.2. The standard InChI is InChI=1S/C21H15N5O3S3/c1-31-20-25-26(21(30)32-20)13-8-6-12(7-9-13)19(28)29-11-17(27)14(10-22)18-23-15-4-2-3-5-16(15)24-18/h2-9,27H,11H2,1H3,(H,23,24). The summed E-state index contributed by atoms with van der Waals surface area (Å²) in [6.45, 7) is -0.464. The topological polar surface area (TPSA) is 117 Å². The Morgan fingerprint density at radius 1 is 1.31 bits per heavy atom. The minimum Gasteiger partial charge on any atom is -0.507 e. The number of imidazole rings is 1. The van der Waals surface area contributed by atoms with Crippen molar-refractivity contribution in [3.63, 3.8) is 0 Å². The number of para-hydroxylation sites is 2. The van der Waals surface area contributed by atoms with Crippen LogP contribution >= 0.6 is 35.3 Å². The van der Waals surface area contributed by atoms with E-state index in [0.717, 1.165) is 15.5 Å². The van der Waals surface area contributed by atoms with Crippen LogP contribution in [0.4, 0.5) is 0 Å². The Morgan fingerprint density at radius 3 is 2.72 bits per heavy atom. The fourth-order valence-corrected chi connectivity index (χ4v) is 4.64. The molecule has 160 valence electrons. The first-order valence-electron chi connectivity index (χ1n) is 9.19. The summed E-state index contributed by atoms with van der Waals surface area (Å²) in [5.74, 6) is -0.831. The van der Waals surface area contributed by atoms with Gasteiger partial charge in [-0.05, 0) is 54.9 Å². The number of aromatic amines is 1. The highest BCUT2D eigenvalue weighted by molar-refractivity contribution is 8.00. The Hall–Kier alpha value is -3.46. The van der Waals surface area contributed by atoms with E-state index in [0.29, 0.717) is 9.47 Å². The molecule has 0 saturated heterocycles. The van der Waals surface area contributed by atoms with E-state index in [1.165, 1.54) is 23.1 Å². The number of ether oxygens (including phenoxy) is 1. The lowest BCUT2D eigenvalue weighted by atomic mass is 10.2. The molecule has 32 heavy (non-hydrogen) atoms. The van der Waals surface area contributed by atoms with Gasteiger partial charge in [-0.3, -0.25) is 0 Å². The van der Waals surface area contributed by atoms with E-state index in [9.17, 15) is 15.2 Å². The summed E-state index contributed by atoms with van der Waals surface area (Å²) < 4.78 is 8.25. The number of nitriles is 1. The second kappa shape index (κ2) is 9.35. The van der Waals surface area contributed by atoms with Gasteiger partial charge in [-0.25, -0.2) is 14.5 Å². The van der Waals surface area contributed by atoms with Crippen molar-refractivity contribution < 1.29 is 14.6 Å². The minimum atomic E-state index is -0.642. The highest BCUT2D eigenvalue weighted by Gasteiger charge is 2.16. The van der Waals surface area contributed by atoms with E-state index in [-0.39, 0.29) is 17.0 Å². The Kier molecular flexibility index (Phi) is 6.36. The van der Waals surface area contributed by atoms with Gasteiger partial charge in [0.15, 0.2) is 19.9 Å². The van der Waals surface area contributed by atoms with Crippen molar-refractivity contribution in [2.45, 2.75) is 4.34 Å². The molecule has 0 aliphatic carbocycles. The number of aliphatic hydroxyl groups is 1. The number of aliphatic hydroxyl groups excluding tert-OH is 1. The first kappa shape index (κ1) is 21.8. The number of H-pyrrole nitrogens is 1. The average molecular weight is 482 g/mol. The first-order valence-corrected chi connectivity index (χ1v) is 11.6. The van der Waals surface area contributed by atoms with Gasteiger partial charge in [0.2, 0.25) is 0 Å². The fraction of sp³-hybridized carbons (Fsp3) is 0.0952. The van der Waals surface area contributed by atoms with E-state index in [4.69, 9.17) is 17.0 Å². The summed E-state index contributed by atoms with van der Waals surface area (Å²) in [6.07, 6.45) is 1.92. The molecule has 4 aromatic rings. The molecule has 2 aromatic carbocycles. The van der Waals surface area contributed by atoms with Crippen molar-refractivity contribution in [3.05, 3.63) is 69.6 Å². The van der Waals surface area contributed by atoms with E-state index in [2.05, 4.69) is 15.1 Å². The molecule has 8 nitrogen and oxygen atoms in total. The number of benzene rings is 2. The maximum Gasteiger partial charge on any atom is 0.338 e. The summed E-state index contributed by atoms with van der Waals surface area (Å²) >= 11 is 8.23. The van der Waals surface area contributed by atoms with Crippen molar-refractivity contribution >= 4 is 57.9 Å². The summed E-state index contributed by atoms with van der Waals surface area (Å²) in [4.78, 5) is 19.7. The van der Waals surface area contributed by atoms with Crippen LogP contribution in [0.25, 0.3) is 22.3 Å². The van der Waals surface area contributed by atoms with Crippen LogP contribution in [0.15, 0.2) is 58.6 Å². The zero-order valence-corrected chi connectivity index (χ0v) is 19.1. The molecule has 2 aromatic heterocycles. The van der Waals surface area contributed by atoms with Crippen molar-refractivity contribution in [1.29, 1.82) is 5.26 Å². The molecule has 2 heterocycles. The molecule has 11 heteroatoms. The number of hydrogen-bond acceptors (Lipinski definition) is 9. The van der Waals surface area contributed by atoms with Crippen LogP contribution in [0.2, 0.25) is 0 Å². The van der Waals surface area contributed by atoms with Crippen molar-refractivity contribution in [2.75, 3.05) is 12.9 Å². The van der Waals surface area contributed by atoms with Crippen molar-refractivity contribution in [3.8, 4) is 11.8 Å². The third kappa shape index (κ3) is 4.43. The SMILES string of the molecule is CSc1nn(-c2ccc(C(=O)OCC(O)=C(C#N)c3nc4ccccc4[nH]3)cc2)c(=S)s1.